The Kier molecular flexibility index (Phi) is 5.17. The van der Waals surface area contributed by atoms with E-state index in [9.17, 15) is 8.42 Å². The van der Waals surface area contributed by atoms with E-state index in [-0.39, 0.29) is 6.10 Å². The fourth-order valence-corrected chi connectivity index (χ4v) is 4.37. The lowest BCUT2D eigenvalue weighted by molar-refractivity contribution is 0.123. The Labute approximate surface area is 150 Å². The third kappa shape index (κ3) is 3.93. The number of halogens is 1. The molecule has 0 N–H and O–H groups in total. The van der Waals surface area contributed by atoms with E-state index >= 15 is 0 Å². The highest BCUT2D eigenvalue weighted by molar-refractivity contribution is 9.10. The summed E-state index contributed by atoms with van der Waals surface area (Å²) in [5.74, 6) is 0.425. The Hall–Kier alpha value is -1.51. The highest BCUT2D eigenvalue weighted by Crippen LogP contribution is 2.24. The molecule has 0 spiro atoms. The first kappa shape index (κ1) is 17.3. The molecular weight excluding hydrogens is 394 g/mol. The van der Waals surface area contributed by atoms with E-state index < -0.39 is 10.0 Å². The number of aromatic nitrogens is 2. The zero-order valence-electron chi connectivity index (χ0n) is 13.2. The van der Waals surface area contributed by atoms with Gasteiger partial charge in [0, 0.05) is 17.1 Å². The van der Waals surface area contributed by atoms with Gasteiger partial charge in [-0.3, -0.25) is 0 Å². The van der Waals surface area contributed by atoms with Crippen LogP contribution in [0.1, 0.15) is 18.5 Å². The fourth-order valence-electron chi connectivity index (χ4n) is 2.60. The lowest BCUT2D eigenvalue weighted by Gasteiger charge is -2.31. The fraction of sp³-hybridized carbons (Fsp3) is 0.375. The minimum atomic E-state index is -3.51. The lowest BCUT2D eigenvalue weighted by Crippen LogP contribution is -2.44. The molecule has 8 heteroatoms. The van der Waals surface area contributed by atoms with Crippen LogP contribution in [0, 0.1) is 6.92 Å². The molecule has 0 aliphatic carbocycles. The third-order valence-corrected chi connectivity index (χ3v) is 6.26. The summed E-state index contributed by atoms with van der Waals surface area (Å²) >= 11 is 3.32. The maximum Gasteiger partial charge on any atom is 0.243 e. The van der Waals surface area contributed by atoms with Gasteiger partial charge in [0.2, 0.25) is 15.9 Å². The average Bonchev–Trinajstić information content (AvgIpc) is 2.58. The topological polar surface area (TPSA) is 72.4 Å². The Morgan fingerprint density at radius 2 is 1.92 bits per heavy atom. The van der Waals surface area contributed by atoms with Gasteiger partial charge in [-0.15, -0.1) is 5.10 Å². The zero-order valence-corrected chi connectivity index (χ0v) is 15.6. The van der Waals surface area contributed by atoms with Gasteiger partial charge in [0.05, 0.1) is 17.1 Å². The van der Waals surface area contributed by atoms with Gasteiger partial charge < -0.3 is 4.74 Å². The summed E-state index contributed by atoms with van der Waals surface area (Å²) in [6, 6.07) is 10.2. The zero-order chi connectivity index (χ0) is 17.2. The second-order valence-electron chi connectivity index (χ2n) is 5.71. The molecule has 2 aromatic rings. The van der Waals surface area contributed by atoms with E-state index in [0.29, 0.717) is 23.9 Å². The van der Waals surface area contributed by atoms with Crippen LogP contribution in [0.4, 0.5) is 0 Å². The molecule has 0 saturated carbocycles. The molecule has 128 valence electrons. The normalized spacial score (nSPS) is 19.2. The second kappa shape index (κ2) is 7.16. The van der Waals surface area contributed by atoms with Crippen LogP contribution in [0.3, 0.4) is 0 Å². The van der Waals surface area contributed by atoms with Gasteiger partial charge in [-0.2, -0.15) is 9.40 Å². The summed E-state index contributed by atoms with van der Waals surface area (Å²) in [5.41, 5.74) is 0.811. The molecule has 24 heavy (non-hydrogen) atoms. The average molecular weight is 412 g/mol. The number of nitrogens with zero attached hydrogens (tertiary/aromatic N) is 3. The quantitative estimate of drug-likeness (QED) is 0.772. The molecule has 1 saturated heterocycles. The first-order chi connectivity index (χ1) is 11.4. The first-order valence-corrected chi connectivity index (χ1v) is 9.91. The number of sulfonamides is 1. The highest BCUT2D eigenvalue weighted by Gasteiger charge is 2.31. The number of piperidine rings is 1. The van der Waals surface area contributed by atoms with Crippen LogP contribution < -0.4 is 4.74 Å². The van der Waals surface area contributed by atoms with Gasteiger partial charge in [0.25, 0.3) is 0 Å². The van der Waals surface area contributed by atoms with Crippen molar-refractivity contribution in [3.63, 3.8) is 0 Å². The SMILES string of the molecule is Cc1ccc(OC2CCCN(S(=O)(=O)c3ccc(Br)cc3)C2)nn1. The summed E-state index contributed by atoms with van der Waals surface area (Å²) in [6.07, 6.45) is 1.32. The Bertz CT molecular complexity index is 794. The molecule has 1 fully saturated rings. The minimum Gasteiger partial charge on any atom is -0.472 e. The summed E-state index contributed by atoms with van der Waals surface area (Å²) in [4.78, 5) is 0.293. The number of hydrogen-bond donors (Lipinski definition) is 0. The van der Waals surface area contributed by atoms with E-state index in [0.717, 1.165) is 23.0 Å². The van der Waals surface area contributed by atoms with E-state index in [4.69, 9.17) is 4.74 Å². The van der Waals surface area contributed by atoms with Crippen LogP contribution in [0.2, 0.25) is 0 Å². The largest absolute Gasteiger partial charge is 0.472 e. The maximum atomic E-state index is 12.8. The summed E-state index contributed by atoms with van der Waals surface area (Å²) in [7, 11) is -3.51. The Balaban J connectivity index is 1.72. The Morgan fingerprint density at radius 3 is 2.58 bits per heavy atom. The Morgan fingerprint density at radius 1 is 1.17 bits per heavy atom. The van der Waals surface area contributed by atoms with E-state index in [1.807, 2.05) is 13.0 Å². The molecule has 0 amide bonds. The van der Waals surface area contributed by atoms with Crippen molar-refractivity contribution < 1.29 is 13.2 Å². The molecule has 3 rings (SSSR count). The molecule has 2 heterocycles. The van der Waals surface area contributed by atoms with Crippen molar-refractivity contribution in [1.82, 2.24) is 14.5 Å². The van der Waals surface area contributed by atoms with Crippen molar-refractivity contribution in [2.24, 2.45) is 0 Å². The monoisotopic (exact) mass is 411 g/mol. The minimum absolute atomic E-state index is 0.221. The molecule has 1 unspecified atom stereocenters. The van der Waals surface area contributed by atoms with Gasteiger partial charge in [0.1, 0.15) is 6.10 Å². The van der Waals surface area contributed by atoms with E-state index in [1.165, 1.54) is 4.31 Å². The summed E-state index contributed by atoms with van der Waals surface area (Å²) in [6.45, 7) is 2.66. The predicted octanol–water partition coefficient (Wildman–Crippen LogP) is 2.78. The summed E-state index contributed by atoms with van der Waals surface area (Å²) in [5, 5.41) is 7.94. The van der Waals surface area contributed by atoms with E-state index in [2.05, 4.69) is 26.1 Å². The van der Waals surface area contributed by atoms with Crippen molar-refractivity contribution >= 4 is 26.0 Å². The molecule has 1 atom stereocenters. The number of benzene rings is 1. The van der Waals surface area contributed by atoms with Gasteiger partial charge >= 0.3 is 0 Å². The number of hydrogen-bond acceptors (Lipinski definition) is 5. The predicted molar refractivity (Wildman–Crippen MR) is 93.3 cm³/mol. The van der Waals surface area contributed by atoms with Crippen molar-refractivity contribution in [2.45, 2.75) is 30.8 Å². The molecule has 1 aliphatic heterocycles. The molecular formula is C16H18BrN3O3S. The van der Waals surface area contributed by atoms with Crippen LogP contribution in [-0.4, -0.2) is 42.1 Å². The number of ether oxygens (including phenoxy) is 1. The highest BCUT2D eigenvalue weighted by atomic mass is 79.9. The van der Waals surface area contributed by atoms with Crippen molar-refractivity contribution in [1.29, 1.82) is 0 Å². The van der Waals surface area contributed by atoms with Crippen LogP contribution in [0.15, 0.2) is 45.8 Å². The molecule has 1 aromatic heterocycles. The lowest BCUT2D eigenvalue weighted by atomic mass is 10.1. The van der Waals surface area contributed by atoms with E-state index in [1.54, 1.807) is 30.3 Å². The van der Waals surface area contributed by atoms with Gasteiger partial charge in [-0.1, -0.05) is 15.9 Å². The van der Waals surface area contributed by atoms with Crippen LogP contribution in [0.5, 0.6) is 5.88 Å². The number of rotatable bonds is 4. The van der Waals surface area contributed by atoms with Gasteiger partial charge in [-0.05, 0) is 50.1 Å². The first-order valence-electron chi connectivity index (χ1n) is 7.68. The van der Waals surface area contributed by atoms with Crippen molar-refractivity contribution in [3.8, 4) is 5.88 Å². The number of aryl methyl sites for hydroxylation is 1. The third-order valence-electron chi connectivity index (χ3n) is 3.85. The maximum absolute atomic E-state index is 12.8. The van der Waals surface area contributed by atoms with Gasteiger partial charge in [-0.25, -0.2) is 8.42 Å². The van der Waals surface area contributed by atoms with Crippen LogP contribution >= 0.6 is 15.9 Å². The standard InChI is InChI=1S/C16H18BrN3O3S/c1-12-4-9-16(19-18-12)23-14-3-2-10-20(11-14)24(21,22)15-7-5-13(17)6-8-15/h4-9,14H,2-3,10-11H2,1H3. The summed E-state index contributed by atoms with van der Waals surface area (Å²) < 4.78 is 33.7. The van der Waals surface area contributed by atoms with Crippen LogP contribution in [0.25, 0.3) is 0 Å². The molecule has 1 aromatic carbocycles. The van der Waals surface area contributed by atoms with Gasteiger partial charge in [0.15, 0.2) is 0 Å². The molecule has 6 nitrogen and oxygen atoms in total. The molecule has 0 bridgehead atoms. The second-order valence-corrected chi connectivity index (χ2v) is 8.57. The van der Waals surface area contributed by atoms with Crippen molar-refractivity contribution in [3.05, 3.63) is 46.6 Å². The van der Waals surface area contributed by atoms with Crippen molar-refractivity contribution in [2.75, 3.05) is 13.1 Å². The molecule has 1 aliphatic rings. The molecule has 0 radical (unpaired) electrons. The van der Waals surface area contributed by atoms with Crippen LogP contribution in [-0.2, 0) is 10.0 Å². The smallest absolute Gasteiger partial charge is 0.243 e.